The fourth-order valence-corrected chi connectivity index (χ4v) is 5.26. The van der Waals surface area contributed by atoms with Crippen molar-refractivity contribution in [2.24, 2.45) is 23.0 Å². The molecule has 0 bridgehead atoms. The summed E-state index contributed by atoms with van der Waals surface area (Å²) in [7, 11) is 0. The maximum absolute atomic E-state index is 12.2. The van der Waals surface area contributed by atoms with Crippen LogP contribution in [0.3, 0.4) is 0 Å². The maximum atomic E-state index is 12.2. The summed E-state index contributed by atoms with van der Waals surface area (Å²) in [4.78, 5) is 51.1. The molecule has 0 aromatic heterocycles. The molecule has 8 nitrogen and oxygen atoms in total. The van der Waals surface area contributed by atoms with Gasteiger partial charge in [-0.3, -0.25) is 24.3 Å². The predicted molar refractivity (Wildman–Crippen MR) is 118 cm³/mol. The first-order valence-electron chi connectivity index (χ1n) is 12.1. The van der Waals surface area contributed by atoms with Crippen molar-refractivity contribution in [2.45, 2.75) is 84.1 Å². The van der Waals surface area contributed by atoms with E-state index < -0.39 is 0 Å². The van der Waals surface area contributed by atoms with Crippen molar-refractivity contribution in [3.63, 3.8) is 0 Å². The molecule has 3 amide bonds. The van der Waals surface area contributed by atoms with Gasteiger partial charge in [-0.15, -0.1) is 4.91 Å². The summed E-state index contributed by atoms with van der Waals surface area (Å²) in [6.07, 6.45) is 8.24. The summed E-state index contributed by atoms with van der Waals surface area (Å²) in [5.41, 5.74) is 0. The molecule has 0 spiro atoms. The Morgan fingerprint density at radius 1 is 1.06 bits per heavy atom. The molecule has 0 N–H and O–H groups in total. The highest BCUT2D eigenvalue weighted by Crippen LogP contribution is 2.30. The molecule has 0 radical (unpaired) electrons. The molecular weight excluding hydrogens is 396 g/mol. The van der Waals surface area contributed by atoms with E-state index in [9.17, 15) is 19.3 Å². The van der Waals surface area contributed by atoms with E-state index >= 15 is 0 Å². The van der Waals surface area contributed by atoms with Gasteiger partial charge in [-0.05, 0) is 56.8 Å². The predicted octanol–water partition coefficient (Wildman–Crippen LogP) is 3.35. The number of amides is 3. The van der Waals surface area contributed by atoms with Crippen LogP contribution in [-0.2, 0) is 14.4 Å². The Hall–Kier alpha value is -1.99. The average molecular weight is 435 g/mol. The summed E-state index contributed by atoms with van der Waals surface area (Å²) >= 11 is 0. The van der Waals surface area contributed by atoms with Gasteiger partial charge in [0.2, 0.25) is 17.7 Å². The first-order chi connectivity index (χ1) is 14.9. The Bertz CT molecular complexity index is 662. The highest BCUT2D eigenvalue weighted by molar-refractivity contribution is 6.03. The smallest absolute Gasteiger partial charge is 0.232 e. The van der Waals surface area contributed by atoms with Crippen LogP contribution in [0.25, 0.3) is 0 Å². The molecule has 3 rings (SSSR count). The van der Waals surface area contributed by atoms with Crippen molar-refractivity contribution in [2.75, 3.05) is 26.2 Å². The van der Waals surface area contributed by atoms with E-state index in [-0.39, 0.29) is 29.7 Å². The minimum atomic E-state index is -0.187. The molecule has 31 heavy (non-hydrogen) atoms. The van der Waals surface area contributed by atoms with E-state index in [2.05, 4.69) is 12.2 Å². The van der Waals surface area contributed by atoms with Crippen molar-refractivity contribution in [1.29, 1.82) is 0 Å². The van der Waals surface area contributed by atoms with Gasteiger partial charge in [-0.25, -0.2) is 0 Å². The van der Waals surface area contributed by atoms with E-state index in [0.717, 1.165) is 64.5 Å². The Balaban J connectivity index is 1.31. The molecule has 0 aromatic carbocycles. The summed E-state index contributed by atoms with van der Waals surface area (Å²) < 4.78 is 0. The Morgan fingerprint density at radius 2 is 1.81 bits per heavy atom. The molecule has 2 saturated heterocycles. The van der Waals surface area contributed by atoms with Gasteiger partial charge in [0.25, 0.3) is 0 Å². The third kappa shape index (κ3) is 6.26. The highest BCUT2D eigenvalue weighted by Gasteiger charge is 2.37. The van der Waals surface area contributed by atoms with Gasteiger partial charge in [0.15, 0.2) is 0 Å². The standard InChI is InChI=1S/C23H38N4O4/c1-17-11-13-25(15-17)21(28)6-4-3-5-12-27(24-31)20-9-7-19(8-10-20)16-26-22(29)14-18(2)23(26)30/h17-20H,3-16H2,1-2H3. The molecule has 2 aliphatic heterocycles. The molecular formula is C23H38N4O4. The van der Waals surface area contributed by atoms with Crippen LogP contribution in [0.2, 0.25) is 0 Å². The van der Waals surface area contributed by atoms with E-state index in [4.69, 9.17) is 0 Å². The van der Waals surface area contributed by atoms with Crippen LogP contribution in [0.15, 0.2) is 5.29 Å². The number of carbonyl (C=O) groups is 3. The second-order valence-corrected chi connectivity index (χ2v) is 9.91. The van der Waals surface area contributed by atoms with Crippen molar-refractivity contribution < 1.29 is 14.4 Å². The molecule has 3 fully saturated rings. The fourth-order valence-electron chi connectivity index (χ4n) is 5.26. The van der Waals surface area contributed by atoms with Crippen molar-refractivity contribution >= 4 is 17.7 Å². The molecule has 1 saturated carbocycles. The number of imide groups is 1. The van der Waals surface area contributed by atoms with Gasteiger partial charge in [0.1, 0.15) is 0 Å². The lowest BCUT2D eigenvalue weighted by Gasteiger charge is -2.34. The van der Waals surface area contributed by atoms with E-state index in [1.165, 1.54) is 4.90 Å². The maximum Gasteiger partial charge on any atom is 0.232 e. The zero-order valence-corrected chi connectivity index (χ0v) is 19.1. The lowest BCUT2D eigenvalue weighted by molar-refractivity contribution is -0.140. The largest absolute Gasteiger partial charge is 0.342 e. The van der Waals surface area contributed by atoms with Crippen LogP contribution < -0.4 is 0 Å². The Kier molecular flexibility index (Phi) is 8.43. The summed E-state index contributed by atoms with van der Waals surface area (Å²) in [6.45, 7) is 6.94. The monoisotopic (exact) mass is 434 g/mol. The minimum Gasteiger partial charge on any atom is -0.342 e. The quantitative estimate of drug-likeness (QED) is 0.228. The normalized spacial score (nSPS) is 29.0. The minimum absolute atomic E-state index is 0.0407. The van der Waals surface area contributed by atoms with Crippen LogP contribution in [0.4, 0.5) is 0 Å². The molecule has 174 valence electrons. The third-order valence-corrected chi connectivity index (χ3v) is 7.31. The Labute approximate surface area is 185 Å². The first-order valence-corrected chi connectivity index (χ1v) is 12.1. The SMILES string of the molecule is CC1CCN(C(=O)CCCCCN(N=O)C2CCC(CN3C(=O)CC(C)C3=O)CC2)C1. The molecule has 3 aliphatic rings. The second kappa shape index (κ2) is 11.0. The number of likely N-dealkylation sites (tertiary alicyclic amines) is 2. The first kappa shape index (κ1) is 23.7. The van der Waals surface area contributed by atoms with Crippen LogP contribution in [-0.4, -0.2) is 64.8 Å². The lowest BCUT2D eigenvalue weighted by atomic mass is 9.85. The summed E-state index contributed by atoms with van der Waals surface area (Å²) in [6, 6.07) is 0.144. The fraction of sp³-hybridized carbons (Fsp3) is 0.870. The molecule has 1 aliphatic carbocycles. The average Bonchev–Trinajstić information content (AvgIpc) is 3.29. The number of carbonyl (C=O) groups excluding carboxylic acids is 3. The molecule has 2 heterocycles. The second-order valence-electron chi connectivity index (χ2n) is 9.91. The number of nitrogens with zero attached hydrogens (tertiary/aromatic N) is 4. The molecule has 0 aromatic rings. The van der Waals surface area contributed by atoms with Crippen molar-refractivity contribution in [3.8, 4) is 0 Å². The van der Waals surface area contributed by atoms with Crippen molar-refractivity contribution in [3.05, 3.63) is 4.91 Å². The third-order valence-electron chi connectivity index (χ3n) is 7.31. The van der Waals surface area contributed by atoms with Gasteiger partial charge in [-0.1, -0.05) is 20.3 Å². The number of rotatable bonds is 10. The van der Waals surface area contributed by atoms with Gasteiger partial charge in [0, 0.05) is 44.9 Å². The van der Waals surface area contributed by atoms with Gasteiger partial charge in [-0.2, -0.15) is 0 Å². The highest BCUT2D eigenvalue weighted by atomic mass is 16.3. The van der Waals surface area contributed by atoms with Crippen LogP contribution in [0.5, 0.6) is 0 Å². The van der Waals surface area contributed by atoms with Crippen molar-refractivity contribution in [1.82, 2.24) is 14.8 Å². The zero-order chi connectivity index (χ0) is 22.4. The number of hydrogen-bond acceptors (Lipinski definition) is 5. The van der Waals surface area contributed by atoms with Crippen LogP contribution >= 0.6 is 0 Å². The van der Waals surface area contributed by atoms with Crippen LogP contribution in [0, 0.1) is 22.7 Å². The number of unbranched alkanes of at least 4 members (excludes halogenated alkanes) is 2. The lowest BCUT2D eigenvalue weighted by Crippen LogP contribution is -2.39. The van der Waals surface area contributed by atoms with E-state index in [1.807, 2.05) is 11.8 Å². The number of nitroso groups, excluding NO2 is 1. The molecule has 8 heteroatoms. The van der Waals surface area contributed by atoms with Crippen LogP contribution in [0.1, 0.15) is 78.1 Å². The number of hydrogen-bond donors (Lipinski definition) is 0. The Morgan fingerprint density at radius 3 is 2.39 bits per heavy atom. The van der Waals surface area contributed by atoms with Gasteiger partial charge < -0.3 is 4.90 Å². The molecule has 2 atom stereocenters. The van der Waals surface area contributed by atoms with Gasteiger partial charge >= 0.3 is 0 Å². The van der Waals surface area contributed by atoms with Gasteiger partial charge in [0.05, 0.1) is 11.3 Å². The van der Waals surface area contributed by atoms with E-state index in [0.29, 0.717) is 37.8 Å². The molecule has 2 unspecified atom stereocenters. The topological polar surface area (TPSA) is 90.4 Å². The summed E-state index contributed by atoms with van der Waals surface area (Å²) in [5.74, 6) is 0.924. The zero-order valence-electron chi connectivity index (χ0n) is 19.1. The summed E-state index contributed by atoms with van der Waals surface area (Å²) in [5, 5.41) is 4.94. The van der Waals surface area contributed by atoms with E-state index in [1.54, 1.807) is 5.01 Å².